The summed E-state index contributed by atoms with van der Waals surface area (Å²) in [6.45, 7) is 6.65. The van der Waals surface area contributed by atoms with Crippen molar-refractivity contribution in [3.63, 3.8) is 0 Å². The van der Waals surface area contributed by atoms with Crippen LogP contribution in [0.2, 0.25) is 0 Å². The van der Waals surface area contributed by atoms with Crippen molar-refractivity contribution in [3.05, 3.63) is 23.0 Å². The molecule has 0 fully saturated rings. The van der Waals surface area contributed by atoms with Gasteiger partial charge in [-0.25, -0.2) is 4.98 Å². The van der Waals surface area contributed by atoms with Crippen molar-refractivity contribution in [1.29, 1.82) is 0 Å². The highest BCUT2D eigenvalue weighted by atomic mass is 32.1. The van der Waals surface area contributed by atoms with Crippen LogP contribution in [-0.2, 0) is 5.41 Å². The van der Waals surface area contributed by atoms with E-state index in [0.717, 1.165) is 16.3 Å². The lowest BCUT2D eigenvalue weighted by atomic mass is 9.93. The minimum absolute atomic E-state index is 0.0298. The summed E-state index contributed by atoms with van der Waals surface area (Å²) in [6, 6.07) is 0. The van der Waals surface area contributed by atoms with Gasteiger partial charge in [0.2, 0.25) is 0 Å². The molecule has 0 radical (unpaired) electrons. The van der Waals surface area contributed by atoms with E-state index in [0.29, 0.717) is 0 Å². The molecular weight excluding hydrogens is 222 g/mol. The van der Waals surface area contributed by atoms with E-state index in [1.54, 1.807) is 17.5 Å². The Balaban J connectivity index is 2.64. The van der Waals surface area contributed by atoms with Gasteiger partial charge in [0.25, 0.3) is 0 Å². The molecule has 2 rings (SSSR count). The van der Waals surface area contributed by atoms with Crippen LogP contribution in [-0.4, -0.2) is 21.0 Å². The van der Waals surface area contributed by atoms with Gasteiger partial charge in [0.05, 0.1) is 11.9 Å². The monoisotopic (exact) mass is 239 g/mol. The Labute approximate surface area is 98.7 Å². The van der Waals surface area contributed by atoms with Gasteiger partial charge >= 0.3 is 0 Å². The van der Waals surface area contributed by atoms with Crippen molar-refractivity contribution < 1.29 is 5.11 Å². The lowest BCUT2D eigenvalue weighted by Gasteiger charge is -2.19. The summed E-state index contributed by atoms with van der Waals surface area (Å²) in [5.41, 5.74) is 7.47. The Kier molecular flexibility index (Phi) is 2.77. The Morgan fingerprint density at radius 3 is 2.81 bits per heavy atom. The van der Waals surface area contributed by atoms with Gasteiger partial charge in [0.1, 0.15) is 6.10 Å². The van der Waals surface area contributed by atoms with Gasteiger partial charge in [-0.1, -0.05) is 20.8 Å². The molecule has 16 heavy (non-hydrogen) atoms. The maximum atomic E-state index is 9.84. The SMILES string of the molecule is CC(C)(C)c1csc2ncc(C(O)CN)n12. The lowest BCUT2D eigenvalue weighted by Crippen LogP contribution is -2.18. The number of nitrogens with two attached hydrogens (primary N) is 1. The molecule has 0 aromatic carbocycles. The number of aromatic nitrogens is 2. The van der Waals surface area contributed by atoms with Crippen LogP contribution in [0.4, 0.5) is 0 Å². The first kappa shape index (κ1) is 11.6. The van der Waals surface area contributed by atoms with Crippen LogP contribution < -0.4 is 5.73 Å². The number of aliphatic hydroxyl groups is 1. The molecule has 0 aliphatic rings. The molecule has 0 aliphatic heterocycles. The first-order valence-corrected chi connectivity index (χ1v) is 6.16. The van der Waals surface area contributed by atoms with Gasteiger partial charge in [-0.15, -0.1) is 11.3 Å². The van der Waals surface area contributed by atoms with Crippen molar-refractivity contribution in [1.82, 2.24) is 9.38 Å². The second-order valence-electron chi connectivity index (χ2n) is 4.92. The first-order chi connectivity index (χ1) is 7.45. The van der Waals surface area contributed by atoms with E-state index in [1.807, 2.05) is 4.40 Å². The molecule has 0 aliphatic carbocycles. The average Bonchev–Trinajstić information content (AvgIpc) is 2.74. The fourth-order valence-corrected chi connectivity index (χ4v) is 2.80. The number of thiazole rings is 1. The molecule has 3 N–H and O–H groups in total. The van der Waals surface area contributed by atoms with E-state index in [1.165, 1.54) is 0 Å². The fourth-order valence-electron chi connectivity index (χ4n) is 1.70. The zero-order chi connectivity index (χ0) is 11.9. The van der Waals surface area contributed by atoms with Crippen molar-refractivity contribution in [3.8, 4) is 0 Å². The van der Waals surface area contributed by atoms with E-state index in [2.05, 4.69) is 31.1 Å². The molecule has 0 bridgehead atoms. The highest BCUT2D eigenvalue weighted by Crippen LogP contribution is 2.30. The molecule has 2 aromatic rings. The molecule has 2 aromatic heterocycles. The summed E-state index contributed by atoms with van der Waals surface area (Å²) in [6.07, 6.45) is 1.06. The molecule has 2 heterocycles. The van der Waals surface area contributed by atoms with E-state index >= 15 is 0 Å². The molecule has 0 spiro atoms. The molecule has 88 valence electrons. The number of aliphatic hydroxyl groups excluding tert-OH is 1. The molecule has 1 atom stereocenters. The maximum Gasteiger partial charge on any atom is 0.194 e. The Hall–Kier alpha value is -0.910. The third-order valence-electron chi connectivity index (χ3n) is 2.61. The molecule has 5 heteroatoms. The van der Waals surface area contributed by atoms with E-state index < -0.39 is 6.10 Å². The predicted octanol–water partition coefficient (Wildman–Crippen LogP) is 1.69. The summed E-state index contributed by atoms with van der Waals surface area (Å²) < 4.78 is 2.02. The van der Waals surface area contributed by atoms with Crippen molar-refractivity contribution in [2.45, 2.75) is 32.3 Å². The summed E-state index contributed by atoms with van der Waals surface area (Å²) in [5.74, 6) is 0. The summed E-state index contributed by atoms with van der Waals surface area (Å²) >= 11 is 1.59. The van der Waals surface area contributed by atoms with Crippen LogP contribution in [0.15, 0.2) is 11.6 Å². The van der Waals surface area contributed by atoms with Crippen LogP contribution in [0, 0.1) is 0 Å². The number of fused-ring (bicyclic) bond motifs is 1. The minimum atomic E-state index is -0.648. The summed E-state index contributed by atoms with van der Waals surface area (Å²) in [7, 11) is 0. The topological polar surface area (TPSA) is 63.5 Å². The largest absolute Gasteiger partial charge is 0.385 e. The zero-order valence-corrected chi connectivity index (χ0v) is 10.6. The second-order valence-corrected chi connectivity index (χ2v) is 5.76. The molecule has 0 saturated heterocycles. The summed E-state index contributed by atoms with van der Waals surface area (Å²) in [5, 5.41) is 11.9. The zero-order valence-electron chi connectivity index (χ0n) is 9.77. The van der Waals surface area contributed by atoms with Gasteiger partial charge in [0.15, 0.2) is 4.96 Å². The molecule has 4 nitrogen and oxygen atoms in total. The van der Waals surface area contributed by atoms with Gasteiger partial charge in [-0.05, 0) is 0 Å². The average molecular weight is 239 g/mol. The predicted molar refractivity (Wildman–Crippen MR) is 65.8 cm³/mol. The highest BCUT2D eigenvalue weighted by molar-refractivity contribution is 7.15. The van der Waals surface area contributed by atoms with Gasteiger partial charge in [-0.2, -0.15) is 0 Å². The first-order valence-electron chi connectivity index (χ1n) is 5.28. The normalized spacial score (nSPS) is 14.6. The minimum Gasteiger partial charge on any atom is -0.385 e. The molecular formula is C11H17N3OS. The number of imidazole rings is 1. The second kappa shape index (κ2) is 3.84. The standard InChI is InChI=1S/C11H17N3OS/c1-11(2,3)9-6-16-10-13-5-7(14(9)10)8(15)4-12/h5-6,8,15H,4,12H2,1-3H3. The van der Waals surface area contributed by atoms with Crippen LogP contribution in [0.25, 0.3) is 4.96 Å². The quantitative estimate of drug-likeness (QED) is 0.838. The van der Waals surface area contributed by atoms with Gasteiger partial charge in [-0.3, -0.25) is 4.40 Å². The number of hydrogen-bond acceptors (Lipinski definition) is 4. The van der Waals surface area contributed by atoms with Crippen molar-refractivity contribution >= 4 is 16.3 Å². The summed E-state index contributed by atoms with van der Waals surface area (Å²) in [4.78, 5) is 5.20. The molecule has 0 saturated carbocycles. The lowest BCUT2D eigenvalue weighted by molar-refractivity contribution is 0.180. The third-order valence-corrected chi connectivity index (χ3v) is 3.45. The van der Waals surface area contributed by atoms with Crippen LogP contribution in [0.5, 0.6) is 0 Å². The number of rotatable bonds is 2. The number of nitrogens with zero attached hydrogens (tertiary/aromatic N) is 2. The highest BCUT2D eigenvalue weighted by Gasteiger charge is 2.23. The third kappa shape index (κ3) is 1.75. The fraction of sp³-hybridized carbons (Fsp3) is 0.545. The van der Waals surface area contributed by atoms with Crippen LogP contribution >= 0.6 is 11.3 Å². The molecule has 1 unspecified atom stereocenters. The van der Waals surface area contributed by atoms with E-state index in [4.69, 9.17) is 5.73 Å². The Morgan fingerprint density at radius 2 is 2.25 bits per heavy atom. The van der Waals surface area contributed by atoms with Crippen LogP contribution in [0.1, 0.15) is 38.3 Å². The van der Waals surface area contributed by atoms with Crippen LogP contribution in [0.3, 0.4) is 0 Å². The maximum absolute atomic E-state index is 9.84. The van der Waals surface area contributed by atoms with E-state index in [9.17, 15) is 5.11 Å². The van der Waals surface area contributed by atoms with Gasteiger partial charge in [0, 0.05) is 23.0 Å². The van der Waals surface area contributed by atoms with E-state index in [-0.39, 0.29) is 12.0 Å². The number of hydrogen-bond donors (Lipinski definition) is 2. The Morgan fingerprint density at radius 1 is 1.56 bits per heavy atom. The van der Waals surface area contributed by atoms with Crippen molar-refractivity contribution in [2.24, 2.45) is 5.73 Å². The van der Waals surface area contributed by atoms with Gasteiger partial charge < -0.3 is 10.8 Å². The van der Waals surface area contributed by atoms with Crippen molar-refractivity contribution in [2.75, 3.05) is 6.54 Å². The molecule has 0 amide bonds. The Bertz CT molecular complexity index is 495. The smallest absolute Gasteiger partial charge is 0.194 e.